The van der Waals surface area contributed by atoms with Gasteiger partial charge in [-0.15, -0.1) is 0 Å². The molecule has 2 fully saturated rings. The minimum Gasteiger partial charge on any atom is -0.374 e. The molecule has 4 heteroatoms. The molecule has 0 saturated carbocycles. The molecule has 0 N–H and O–H groups in total. The minimum absolute atomic E-state index is 0.423. The van der Waals surface area contributed by atoms with Crippen molar-refractivity contribution in [3.63, 3.8) is 0 Å². The third-order valence-electron chi connectivity index (χ3n) is 2.74. The van der Waals surface area contributed by atoms with Gasteiger partial charge < -0.3 is 9.64 Å². The van der Waals surface area contributed by atoms with Crippen LogP contribution in [0.5, 0.6) is 0 Å². The van der Waals surface area contributed by atoms with E-state index >= 15 is 0 Å². The summed E-state index contributed by atoms with van der Waals surface area (Å²) in [4.78, 5) is 10.6. The lowest BCUT2D eigenvalue weighted by Gasteiger charge is -2.27. The molecule has 3 rings (SSSR count). The third kappa shape index (κ3) is 1.09. The van der Waals surface area contributed by atoms with Gasteiger partial charge in [-0.05, 0) is 6.42 Å². The summed E-state index contributed by atoms with van der Waals surface area (Å²) in [7, 11) is 0. The molecule has 2 aliphatic rings. The SMILES string of the molecule is c1cnc(N2CC3CC2CO3)cn1. The molecule has 0 spiro atoms. The van der Waals surface area contributed by atoms with Gasteiger partial charge in [0.1, 0.15) is 5.82 Å². The van der Waals surface area contributed by atoms with Crippen LogP contribution in [0.15, 0.2) is 18.6 Å². The number of morpholine rings is 1. The van der Waals surface area contributed by atoms with E-state index in [2.05, 4.69) is 14.9 Å². The van der Waals surface area contributed by atoms with E-state index in [-0.39, 0.29) is 0 Å². The average Bonchev–Trinajstić information content (AvgIpc) is 2.80. The van der Waals surface area contributed by atoms with Crippen LogP contribution in [0.3, 0.4) is 0 Å². The van der Waals surface area contributed by atoms with Gasteiger partial charge in [0.15, 0.2) is 0 Å². The summed E-state index contributed by atoms with van der Waals surface area (Å²) in [5.41, 5.74) is 0. The molecule has 2 bridgehead atoms. The van der Waals surface area contributed by atoms with Crippen LogP contribution in [-0.4, -0.2) is 35.3 Å². The van der Waals surface area contributed by atoms with Crippen LogP contribution < -0.4 is 4.90 Å². The second-order valence-corrected chi connectivity index (χ2v) is 3.56. The highest BCUT2D eigenvalue weighted by atomic mass is 16.5. The Kier molecular flexibility index (Phi) is 1.49. The Hall–Kier alpha value is -1.16. The molecule has 2 saturated heterocycles. The highest BCUT2D eigenvalue weighted by Crippen LogP contribution is 2.30. The zero-order valence-corrected chi connectivity index (χ0v) is 7.26. The standard InChI is InChI=1S/C9H11N3O/c1-2-11-9(4-10-1)12-5-8-3-7(12)6-13-8/h1-2,4,7-8H,3,5-6H2. The van der Waals surface area contributed by atoms with Crippen LogP contribution >= 0.6 is 0 Å². The lowest BCUT2D eigenvalue weighted by atomic mass is 10.2. The van der Waals surface area contributed by atoms with E-state index in [9.17, 15) is 0 Å². The smallest absolute Gasteiger partial charge is 0.147 e. The van der Waals surface area contributed by atoms with E-state index in [4.69, 9.17) is 4.74 Å². The number of aromatic nitrogens is 2. The summed E-state index contributed by atoms with van der Waals surface area (Å²) in [5, 5.41) is 0. The Labute approximate surface area is 76.6 Å². The van der Waals surface area contributed by atoms with Crippen molar-refractivity contribution < 1.29 is 4.74 Å². The first-order valence-corrected chi connectivity index (χ1v) is 4.58. The average molecular weight is 177 g/mol. The van der Waals surface area contributed by atoms with Crippen molar-refractivity contribution in [1.82, 2.24) is 9.97 Å². The Balaban J connectivity index is 1.87. The largest absolute Gasteiger partial charge is 0.374 e. The Morgan fingerprint density at radius 1 is 1.46 bits per heavy atom. The molecule has 68 valence electrons. The maximum atomic E-state index is 5.51. The van der Waals surface area contributed by atoms with Crippen LogP contribution in [0.1, 0.15) is 6.42 Å². The van der Waals surface area contributed by atoms with Gasteiger partial charge in [-0.3, -0.25) is 4.98 Å². The van der Waals surface area contributed by atoms with E-state index in [1.165, 1.54) is 0 Å². The van der Waals surface area contributed by atoms with Crippen LogP contribution in [0.2, 0.25) is 0 Å². The van der Waals surface area contributed by atoms with Gasteiger partial charge in [0, 0.05) is 18.9 Å². The van der Waals surface area contributed by atoms with Gasteiger partial charge in [0.05, 0.1) is 24.9 Å². The number of nitrogens with zero attached hydrogens (tertiary/aromatic N) is 3. The van der Waals surface area contributed by atoms with E-state index in [1.54, 1.807) is 12.4 Å². The van der Waals surface area contributed by atoms with E-state index in [1.807, 2.05) is 6.20 Å². The molecule has 3 heterocycles. The summed E-state index contributed by atoms with van der Waals surface area (Å²) < 4.78 is 5.51. The number of hydrogen-bond donors (Lipinski definition) is 0. The number of fused-ring (bicyclic) bond motifs is 2. The predicted octanol–water partition coefficient (Wildman–Crippen LogP) is 0.454. The molecule has 0 amide bonds. The van der Waals surface area contributed by atoms with Gasteiger partial charge in [-0.25, -0.2) is 4.98 Å². The zero-order chi connectivity index (χ0) is 8.67. The highest BCUT2D eigenvalue weighted by Gasteiger charge is 2.39. The molecular formula is C9H11N3O. The Morgan fingerprint density at radius 3 is 3.08 bits per heavy atom. The fourth-order valence-electron chi connectivity index (χ4n) is 2.12. The topological polar surface area (TPSA) is 38.2 Å². The van der Waals surface area contributed by atoms with E-state index in [0.29, 0.717) is 12.1 Å². The first-order chi connectivity index (χ1) is 6.43. The molecule has 13 heavy (non-hydrogen) atoms. The van der Waals surface area contributed by atoms with Gasteiger partial charge in [-0.1, -0.05) is 0 Å². The summed E-state index contributed by atoms with van der Waals surface area (Å²) in [6.45, 7) is 1.82. The van der Waals surface area contributed by atoms with Crippen LogP contribution in [0.4, 0.5) is 5.82 Å². The van der Waals surface area contributed by atoms with Crippen molar-refractivity contribution in [3.8, 4) is 0 Å². The van der Waals surface area contributed by atoms with Crippen molar-refractivity contribution >= 4 is 5.82 Å². The quantitative estimate of drug-likeness (QED) is 0.624. The summed E-state index contributed by atoms with van der Waals surface area (Å²) in [6.07, 6.45) is 6.83. The van der Waals surface area contributed by atoms with Gasteiger partial charge >= 0.3 is 0 Å². The van der Waals surface area contributed by atoms with Crippen molar-refractivity contribution in [2.24, 2.45) is 0 Å². The van der Waals surface area contributed by atoms with Crippen molar-refractivity contribution in [3.05, 3.63) is 18.6 Å². The summed E-state index contributed by atoms with van der Waals surface area (Å²) in [5.74, 6) is 0.985. The normalized spacial score (nSPS) is 31.2. The van der Waals surface area contributed by atoms with Crippen molar-refractivity contribution in [2.45, 2.75) is 18.6 Å². The predicted molar refractivity (Wildman–Crippen MR) is 47.5 cm³/mol. The molecule has 4 nitrogen and oxygen atoms in total. The van der Waals surface area contributed by atoms with E-state index in [0.717, 1.165) is 25.4 Å². The monoisotopic (exact) mass is 177 g/mol. The second-order valence-electron chi connectivity index (χ2n) is 3.56. The molecule has 0 aliphatic carbocycles. The molecule has 0 aromatic carbocycles. The van der Waals surface area contributed by atoms with Gasteiger partial charge in [-0.2, -0.15) is 0 Å². The van der Waals surface area contributed by atoms with Gasteiger partial charge in [0.25, 0.3) is 0 Å². The molecule has 2 atom stereocenters. The van der Waals surface area contributed by atoms with Crippen LogP contribution in [0, 0.1) is 0 Å². The minimum atomic E-state index is 0.423. The Morgan fingerprint density at radius 2 is 2.46 bits per heavy atom. The van der Waals surface area contributed by atoms with Crippen molar-refractivity contribution in [2.75, 3.05) is 18.1 Å². The van der Waals surface area contributed by atoms with Gasteiger partial charge in [0.2, 0.25) is 0 Å². The number of ether oxygens (including phenoxy) is 1. The maximum Gasteiger partial charge on any atom is 0.147 e. The third-order valence-corrected chi connectivity index (χ3v) is 2.74. The molecule has 1 aromatic rings. The molecular weight excluding hydrogens is 166 g/mol. The van der Waals surface area contributed by atoms with E-state index < -0.39 is 0 Å². The number of hydrogen-bond acceptors (Lipinski definition) is 4. The lowest BCUT2D eigenvalue weighted by molar-refractivity contribution is 0.0989. The highest BCUT2D eigenvalue weighted by molar-refractivity contribution is 5.40. The molecule has 1 aromatic heterocycles. The van der Waals surface area contributed by atoms with Crippen LogP contribution in [0.25, 0.3) is 0 Å². The Bertz CT molecular complexity index is 303. The summed E-state index contributed by atoms with van der Waals surface area (Å²) >= 11 is 0. The lowest BCUT2D eigenvalue weighted by Crippen LogP contribution is -2.37. The van der Waals surface area contributed by atoms with Crippen molar-refractivity contribution in [1.29, 1.82) is 0 Å². The fourth-order valence-corrected chi connectivity index (χ4v) is 2.12. The molecule has 2 aliphatic heterocycles. The second kappa shape index (κ2) is 2.67. The summed E-state index contributed by atoms with van der Waals surface area (Å²) in [6, 6.07) is 0.529. The number of rotatable bonds is 1. The first-order valence-electron chi connectivity index (χ1n) is 4.58. The zero-order valence-electron chi connectivity index (χ0n) is 7.26. The maximum absolute atomic E-state index is 5.51. The molecule has 0 radical (unpaired) electrons. The molecule has 2 unspecified atom stereocenters. The van der Waals surface area contributed by atoms with Crippen LogP contribution in [-0.2, 0) is 4.74 Å². The number of anilines is 1. The fraction of sp³-hybridized carbons (Fsp3) is 0.556. The first kappa shape index (κ1) is 7.26.